The van der Waals surface area contributed by atoms with E-state index in [1.807, 2.05) is 0 Å². The highest BCUT2D eigenvalue weighted by Gasteiger charge is 2.23. The largest absolute Gasteiger partial charge is 0.314 e. The molecule has 1 aromatic rings. The van der Waals surface area contributed by atoms with E-state index in [1.54, 1.807) is 0 Å². The third kappa shape index (κ3) is 3.46. The second-order valence-corrected chi connectivity index (χ2v) is 5.75. The molecule has 0 bridgehead atoms. The van der Waals surface area contributed by atoms with Crippen molar-refractivity contribution in [2.24, 2.45) is 0 Å². The van der Waals surface area contributed by atoms with Crippen LogP contribution < -0.4 is 5.32 Å². The topological polar surface area (TPSA) is 15.3 Å². The van der Waals surface area contributed by atoms with Gasteiger partial charge in [-0.2, -0.15) is 0 Å². The average molecular weight is 258 g/mol. The van der Waals surface area contributed by atoms with Gasteiger partial charge in [-0.3, -0.25) is 4.90 Å². The Morgan fingerprint density at radius 2 is 2.00 bits per heavy atom. The summed E-state index contributed by atoms with van der Waals surface area (Å²) in [4.78, 5) is 2.60. The van der Waals surface area contributed by atoms with Crippen LogP contribution in [0.5, 0.6) is 0 Å². The van der Waals surface area contributed by atoms with Crippen LogP contribution in [0.15, 0.2) is 30.4 Å². The Hall–Kier alpha value is -1.12. The number of benzene rings is 1. The van der Waals surface area contributed by atoms with Gasteiger partial charge in [-0.05, 0) is 43.9 Å². The molecule has 0 aromatic heterocycles. The molecule has 0 spiro atoms. The summed E-state index contributed by atoms with van der Waals surface area (Å²) < 4.78 is 0. The van der Waals surface area contributed by atoms with Crippen molar-refractivity contribution in [1.82, 2.24) is 10.2 Å². The fraction of sp³-hybridized carbons (Fsp3) is 0.529. The van der Waals surface area contributed by atoms with E-state index in [1.165, 1.54) is 22.3 Å². The number of nitrogens with zero attached hydrogens (tertiary/aromatic N) is 1. The first-order chi connectivity index (χ1) is 9.09. The normalized spacial score (nSPS) is 18.3. The molecule has 0 unspecified atom stereocenters. The lowest BCUT2D eigenvalue weighted by atomic mass is 9.92. The predicted molar refractivity (Wildman–Crippen MR) is 82.5 cm³/mol. The van der Waals surface area contributed by atoms with E-state index in [0.717, 1.165) is 32.6 Å². The first kappa shape index (κ1) is 14.3. The molecule has 1 heterocycles. The highest BCUT2D eigenvalue weighted by atomic mass is 15.2. The van der Waals surface area contributed by atoms with E-state index in [0.29, 0.717) is 6.04 Å². The van der Waals surface area contributed by atoms with Crippen molar-refractivity contribution in [2.45, 2.75) is 33.2 Å². The quantitative estimate of drug-likeness (QED) is 0.834. The summed E-state index contributed by atoms with van der Waals surface area (Å²) >= 11 is 0. The first-order valence-corrected chi connectivity index (χ1v) is 7.25. The third-order valence-corrected chi connectivity index (χ3v) is 4.14. The molecule has 1 saturated heterocycles. The van der Waals surface area contributed by atoms with Crippen molar-refractivity contribution < 1.29 is 0 Å². The Morgan fingerprint density at radius 3 is 2.63 bits per heavy atom. The smallest absolute Gasteiger partial charge is 0.0388 e. The highest BCUT2D eigenvalue weighted by Crippen LogP contribution is 2.30. The molecule has 0 saturated carbocycles. The van der Waals surface area contributed by atoms with Crippen LogP contribution in [-0.2, 0) is 0 Å². The van der Waals surface area contributed by atoms with Gasteiger partial charge in [0.25, 0.3) is 0 Å². The lowest BCUT2D eigenvalue weighted by Gasteiger charge is -2.36. The van der Waals surface area contributed by atoms with Crippen molar-refractivity contribution in [2.75, 3.05) is 26.2 Å². The predicted octanol–water partition coefficient (Wildman–Crippen LogP) is 3.22. The van der Waals surface area contributed by atoms with Gasteiger partial charge in [-0.15, -0.1) is 6.58 Å². The van der Waals surface area contributed by atoms with Crippen molar-refractivity contribution in [3.05, 3.63) is 47.0 Å². The number of piperazine rings is 1. The summed E-state index contributed by atoms with van der Waals surface area (Å²) in [6.07, 6.45) is 1.06. The van der Waals surface area contributed by atoms with Crippen molar-refractivity contribution in [3.8, 4) is 0 Å². The van der Waals surface area contributed by atoms with Crippen LogP contribution in [-0.4, -0.2) is 31.1 Å². The van der Waals surface area contributed by atoms with Gasteiger partial charge < -0.3 is 5.32 Å². The Balaban J connectivity index is 2.30. The number of rotatable bonds is 4. The minimum Gasteiger partial charge on any atom is -0.314 e. The standard InChI is InChI=1S/C17H26N2/c1-13(2)12-17(19-10-8-18-9-11-19)16-7-5-6-14(3)15(16)4/h5-7,17-18H,1,8-12H2,2-4H3/t17-/m1/s1. The second-order valence-electron chi connectivity index (χ2n) is 5.75. The molecule has 2 heteroatoms. The van der Waals surface area contributed by atoms with E-state index in [9.17, 15) is 0 Å². The maximum atomic E-state index is 4.13. The van der Waals surface area contributed by atoms with Crippen LogP contribution >= 0.6 is 0 Å². The average Bonchev–Trinajstić information content (AvgIpc) is 2.40. The molecule has 2 nitrogen and oxygen atoms in total. The minimum absolute atomic E-state index is 0.486. The van der Waals surface area contributed by atoms with Crippen molar-refractivity contribution in [3.63, 3.8) is 0 Å². The Morgan fingerprint density at radius 1 is 1.32 bits per heavy atom. The van der Waals surface area contributed by atoms with Gasteiger partial charge >= 0.3 is 0 Å². The molecule has 2 rings (SSSR count). The van der Waals surface area contributed by atoms with Crippen LogP contribution in [0.25, 0.3) is 0 Å². The highest BCUT2D eigenvalue weighted by molar-refractivity contribution is 5.36. The van der Waals surface area contributed by atoms with E-state index in [-0.39, 0.29) is 0 Å². The molecule has 1 atom stereocenters. The zero-order valence-electron chi connectivity index (χ0n) is 12.5. The van der Waals surface area contributed by atoms with Gasteiger partial charge in [0.05, 0.1) is 0 Å². The molecule has 1 aliphatic heterocycles. The molecule has 0 amide bonds. The molecule has 1 fully saturated rings. The van der Waals surface area contributed by atoms with Gasteiger partial charge in [-0.1, -0.05) is 23.8 Å². The second kappa shape index (κ2) is 6.36. The van der Waals surface area contributed by atoms with Crippen LogP contribution in [0.2, 0.25) is 0 Å². The van der Waals surface area contributed by atoms with E-state index < -0.39 is 0 Å². The molecule has 1 aromatic carbocycles. The van der Waals surface area contributed by atoms with Crippen LogP contribution in [0, 0.1) is 13.8 Å². The summed E-state index contributed by atoms with van der Waals surface area (Å²) in [7, 11) is 0. The van der Waals surface area contributed by atoms with Crippen LogP contribution in [0.1, 0.15) is 36.1 Å². The molecule has 0 radical (unpaired) electrons. The Labute approximate surface area is 117 Å². The fourth-order valence-electron chi connectivity index (χ4n) is 2.89. The molecule has 0 aliphatic carbocycles. The van der Waals surface area contributed by atoms with Crippen molar-refractivity contribution in [1.29, 1.82) is 0 Å². The summed E-state index contributed by atoms with van der Waals surface area (Å²) in [5, 5.41) is 3.44. The third-order valence-electron chi connectivity index (χ3n) is 4.14. The zero-order valence-corrected chi connectivity index (χ0v) is 12.5. The summed E-state index contributed by atoms with van der Waals surface area (Å²) in [6, 6.07) is 7.16. The summed E-state index contributed by atoms with van der Waals surface area (Å²) in [5.74, 6) is 0. The Bertz CT molecular complexity index is 445. The lowest BCUT2D eigenvalue weighted by Crippen LogP contribution is -2.45. The number of hydrogen-bond acceptors (Lipinski definition) is 2. The number of hydrogen-bond donors (Lipinski definition) is 1. The van der Waals surface area contributed by atoms with Crippen LogP contribution in [0.4, 0.5) is 0 Å². The minimum atomic E-state index is 0.486. The summed E-state index contributed by atoms with van der Waals surface area (Å²) in [5.41, 5.74) is 5.57. The SMILES string of the molecule is C=C(C)C[C@H](c1cccc(C)c1C)N1CCNCC1. The summed E-state index contributed by atoms with van der Waals surface area (Å²) in [6.45, 7) is 15.2. The zero-order chi connectivity index (χ0) is 13.8. The fourth-order valence-corrected chi connectivity index (χ4v) is 2.89. The van der Waals surface area contributed by atoms with E-state index in [2.05, 4.69) is 55.8 Å². The number of nitrogens with one attached hydrogen (secondary N) is 1. The molecule has 1 aliphatic rings. The number of aryl methyl sites for hydroxylation is 1. The monoisotopic (exact) mass is 258 g/mol. The first-order valence-electron chi connectivity index (χ1n) is 7.25. The maximum Gasteiger partial charge on any atom is 0.0388 e. The Kier molecular flexibility index (Phi) is 4.78. The lowest BCUT2D eigenvalue weighted by molar-refractivity contribution is 0.172. The van der Waals surface area contributed by atoms with Crippen LogP contribution in [0.3, 0.4) is 0 Å². The van der Waals surface area contributed by atoms with E-state index in [4.69, 9.17) is 0 Å². The van der Waals surface area contributed by atoms with Gasteiger partial charge in [0.15, 0.2) is 0 Å². The van der Waals surface area contributed by atoms with E-state index >= 15 is 0 Å². The molecule has 19 heavy (non-hydrogen) atoms. The molecular formula is C17H26N2. The van der Waals surface area contributed by atoms with Gasteiger partial charge in [0, 0.05) is 32.2 Å². The molecule has 1 N–H and O–H groups in total. The maximum absolute atomic E-state index is 4.13. The van der Waals surface area contributed by atoms with Crippen molar-refractivity contribution >= 4 is 0 Å². The molecular weight excluding hydrogens is 232 g/mol. The van der Waals surface area contributed by atoms with Gasteiger partial charge in [-0.25, -0.2) is 0 Å². The molecule has 104 valence electrons. The van der Waals surface area contributed by atoms with Gasteiger partial charge in [0.1, 0.15) is 0 Å². The van der Waals surface area contributed by atoms with Gasteiger partial charge in [0.2, 0.25) is 0 Å².